The minimum atomic E-state index is -0.237. The summed E-state index contributed by atoms with van der Waals surface area (Å²) in [7, 11) is 1.75. The van der Waals surface area contributed by atoms with E-state index in [4.69, 9.17) is 11.6 Å². The summed E-state index contributed by atoms with van der Waals surface area (Å²) in [5.41, 5.74) is 0.888. The second-order valence-corrected chi connectivity index (χ2v) is 5.77. The fraction of sp³-hybridized carbons (Fsp3) is 0.500. The highest BCUT2D eigenvalue weighted by Gasteiger charge is 2.34. The third-order valence-electron chi connectivity index (χ3n) is 3.79. The number of carbonyl (C=O) groups excluding carboxylic acids is 2. The highest BCUT2D eigenvalue weighted by molar-refractivity contribution is 6.17. The topological polar surface area (TPSA) is 40.6 Å². The molecule has 0 saturated carbocycles. The van der Waals surface area contributed by atoms with Gasteiger partial charge in [0.25, 0.3) is 0 Å². The summed E-state index contributed by atoms with van der Waals surface area (Å²) in [6.45, 7) is 1.15. The number of alkyl halides is 1. The molecule has 5 heteroatoms. The van der Waals surface area contributed by atoms with Crippen molar-refractivity contribution < 1.29 is 9.59 Å². The number of unbranched alkanes of at least 4 members (excludes halogenated alkanes) is 1. The number of amides is 2. The minimum Gasteiger partial charge on any atom is -0.345 e. The fourth-order valence-electron chi connectivity index (χ4n) is 2.59. The number of hydrogen-bond acceptors (Lipinski definition) is 2. The molecule has 1 heterocycles. The van der Waals surface area contributed by atoms with Gasteiger partial charge in [0, 0.05) is 38.1 Å². The van der Waals surface area contributed by atoms with Crippen LogP contribution in [0.4, 0.5) is 5.69 Å². The van der Waals surface area contributed by atoms with Gasteiger partial charge in [-0.3, -0.25) is 9.59 Å². The molecule has 1 aromatic carbocycles. The minimum absolute atomic E-state index is 0.0356. The van der Waals surface area contributed by atoms with E-state index in [1.165, 1.54) is 0 Å². The molecule has 1 unspecified atom stereocenters. The molecule has 0 aromatic heterocycles. The van der Waals surface area contributed by atoms with Crippen LogP contribution in [0.3, 0.4) is 0 Å². The van der Waals surface area contributed by atoms with Gasteiger partial charge in [-0.25, -0.2) is 0 Å². The molecular weight excluding hydrogens is 288 g/mol. The molecule has 0 bridgehead atoms. The van der Waals surface area contributed by atoms with Crippen molar-refractivity contribution in [1.29, 1.82) is 0 Å². The summed E-state index contributed by atoms with van der Waals surface area (Å²) in [4.78, 5) is 27.8. The maximum absolute atomic E-state index is 12.7. The molecule has 1 atom stereocenters. The van der Waals surface area contributed by atoms with Crippen molar-refractivity contribution in [3.05, 3.63) is 30.3 Å². The van der Waals surface area contributed by atoms with Gasteiger partial charge in [-0.15, -0.1) is 11.6 Å². The van der Waals surface area contributed by atoms with Gasteiger partial charge >= 0.3 is 0 Å². The Morgan fingerprint density at radius 2 is 2.05 bits per heavy atom. The Morgan fingerprint density at radius 3 is 2.62 bits per heavy atom. The molecule has 114 valence electrons. The molecule has 4 nitrogen and oxygen atoms in total. The van der Waals surface area contributed by atoms with Gasteiger partial charge in [-0.2, -0.15) is 0 Å². The number of anilines is 1. The summed E-state index contributed by atoms with van der Waals surface area (Å²) < 4.78 is 0. The van der Waals surface area contributed by atoms with Gasteiger partial charge < -0.3 is 9.80 Å². The van der Waals surface area contributed by atoms with Crippen LogP contribution in [0.15, 0.2) is 30.3 Å². The zero-order chi connectivity index (χ0) is 15.2. The largest absolute Gasteiger partial charge is 0.345 e. The van der Waals surface area contributed by atoms with Crippen molar-refractivity contribution in [3.63, 3.8) is 0 Å². The number of para-hydroxylation sites is 1. The molecule has 1 aromatic rings. The molecule has 1 fully saturated rings. The summed E-state index contributed by atoms with van der Waals surface area (Å²) >= 11 is 5.72. The number of hydrogen-bond donors (Lipinski definition) is 0. The van der Waals surface area contributed by atoms with Crippen molar-refractivity contribution in [1.82, 2.24) is 4.90 Å². The highest BCUT2D eigenvalue weighted by Crippen LogP contribution is 2.23. The smallest absolute Gasteiger partial charge is 0.232 e. The Morgan fingerprint density at radius 1 is 1.33 bits per heavy atom. The first kappa shape index (κ1) is 15.8. The van der Waals surface area contributed by atoms with E-state index in [1.807, 2.05) is 30.3 Å². The van der Waals surface area contributed by atoms with Crippen molar-refractivity contribution >= 4 is 29.1 Å². The summed E-state index contributed by atoms with van der Waals surface area (Å²) in [6, 6.07) is 9.63. The number of rotatable bonds is 6. The Balaban J connectivity index is 2.11. The summed E-state index contributed by atoms with van der Waals surface area (Å²) in [5, 5.41) is 0. The van der Waals surface area contributed by atoms with Gasteiger partial charge in [0.1, 0.15) is 0 Å². The van der Waals surface area contributed by atoms with Crippen LogP contribution < -0.4 is 4.90 Å². The molecule has 0 radical (unpaired) electrons. The summed E-state index contributed by atoms with van der Waals surface area (Å²) in [5.74, 6) is 0.441. The number of likely N-dealkylation sites (tertiary alicyclic amines) is 1. The van der Waals surface area contributed by atoms with Gasteiger partial charge in [0.15, 0.2) is 0 Å². The SMILES string of the molecule is CN1CC(C(=O)N(CCCCCl)c2ccccc2)CC1=O. The zero-order valence-corrected chi connectivity index (χ0v) is 13.1. The van der Waals surface area contributed by atoms with Crippen LogP contribution in [-0.4, -0.2) is 42.7 Å². The number of nitrogens with zero attached hydrogens (tertiary/aromatic N) is 2. The number of benzene rings is 1. The standard InChI is InChI=1S/C16H21ClN2O2/c1-18-12-13(11-15(18)20)16(21)19(10-6-5-9-17)14-7-3-2-4-8-14/h2-4,7-8,13H,5-6,9-12H2,1H3. The molecule has 1 saturated heterocycles. The first-order valence-electron chi connectivity index (χ1n) is 7.30. The molecule has 21 heavy (non-hydrogen) atoms. The Hall–Kier alpha value is -1.55. The Labute approximate surface area is 130 Å². The Kier molecular flexibility index (Phi) is 5.62. The monoisotopic (exact) mass is 308 g/mol. The molecule has 1 aliphatic rings. The average molecular weight is 309 g/mol. The lowest BCUT2D eigenvalue weighted by Gasteiger charge is -2.25. The van der Waals surface area contributed by atoms with E-state index in [1.54, 1.807) is 16.8 Å². The van der Waals surface area contributed by atoms with Crippen molar-refractivity contribution in [2.45, 2.75) is 19.3 Å². The van der Waals surface area contributed by atoms with Gasteiger partial charge in [-0.05, 0) is 25.0 Å². The zero-order valence-electron chi connectivity index (χ0n) is 12.3. The van der Waals surface area contributed by atoms with Crippen molar-refractivity contribution in [2.75, 3.05) is 30.9 Å². The van der Waals surface area contributed by atoms with Crippen LogP contribution in [0, 0.1) is 5.92 Å². The number of carbonyl (C=O) groups is 2. The van der Waals surface area contributed by atoms with E-state index in [2.05, 4.69) is 0 Å². The van der Waals surface area contributed by atoms with E-state index in [0.29, 0.717) is 25.4 Å². The molecule has 2 rings (SSSR count). The van der Waals surface area contributed by atoms with Crippen LogP contribution in [-0.2, 0) is 9.59 Å². The Bertz CT molecular complexity index is 492. The van der Waals surface area contributed by atoms with Crippen molar-refractivity contribution in [2.24, 2.45) is 5.92 Å². The predicted molar refractivity (Wildman–Crippen MR) is 84.5 cm³/mol. The van der Waals surface area contributed by atoms with Gasteiger partial charge in [0.2, 0.25) is 11.8 Å². The highest BCUT2D eigenvalue weighted by atomic mass is 35.5. The lowest BCUT2D eigenvalue weighted by atomic mass is 10.1. The summed E-state index contributed by atoms with van der Waals surface area (Å²) in [6.07, 6.45) is 2.05. The maximum Gasteiger partial charge on any atom is 0.232 e. The molecule has 0 aliphatic carbocycles. The number of halogens is 1. The van der Waals surface area contributed by atoms with E-state index in [-0.39, 0.29) is 17.7 Å². The predicted octanol–water partition coefficient (Wildman–Crippen LogP) is 2.52. The second-order valence-electron chi connectivity index (χ2n) is 5.40. The first-order chi connectivity index (χ1) is 10.1. The van der Waals surface area contributed by atoms with E-state index >= 15 is 0 Å². The van der Waals surface area contributed by atoms with Crippen LogP contribution >= 0.6 is 11.6 Å². The van der Waals surface area contributed by atoms with Crippen molar-refractivity contribution in [3.8, 4) is 0 Å². The van der Waals surface area contributed by atoms with Crippen LogP contribution in [0.25, 0.3) is 0 Å². The molecular formula is C16H21ClN2O2. The fourth-order valence-corrected chi connectivity index (χ4v) is 2.78. The molecule has 0 spiro atoms. The average Bonchev–Trinajstić information content (AvgIpc) is 2.84. The maximum atomic E-state index is 12.7. The quantitative estimate of drug-likeness (QED) is 0.598. The second kappa shape index (κ2) is 7.46. The van der Waals surface area contributed by atoms with Crippen LogP contribution in [0.2, 0.25) is 0 Å². The third-order valence-corrected chi connectivity index (χ3v) is 4.06. The van der Waals surface area contributed by atoms with Crippen LogP contribution in [0.5, 0.6) is 0 Å². The first-order valence-corrected chi connectivity index (χ1v) is 7.83. The van der Waals surface area contributed by atoms with E-state index in [9.17, 15) is 9.59 Å². The lowest BCUT2D eigenvalue weighted by Crippen LogP contribution is -2.38. The van der Waals surface area contributed by atoms with Gasteiger partial charge in [-0.1, -0.05) is 18.2 Å². The lowest BCUT2D eigenvalue weighted by molar-refractivity contribution is -0.127. The van der Waals surface area contributed by atoms with Crippen LogP contribution in [0.1, 0.15) is 19.3 Å². The molecule has 1 aliphatic heterocycles. The third kappa shape index (κ3) is 3.97. The molecule has 0 N–H and O–H groups in total. The normalized spacial score (nSPS) is 18.1. The molecule has 2 amide bonds. The van der Waals surface area contributed by atoms with Gasteiger partial charge in [0.05, 0.1) is 5.92 Å². The van der Waals surface area contributed by atoms with E-state index in [0.717, 1.165) is 18.5 Å². The van der Waals surface area contributed by atoms with E-state index < -0.39 is 0 Å².